The zero-order chi connectivity index (χ0) is 24.6. The number of hydrogen-bond donors (Lipinski definition) is 2. The molecule has 1 aliphatic rings. The molecule has 7 nitrogen and oxygen atoms in total. The predicted octanol–water partition coefficient (Wildman–Crippen LogP) is 5.66. The molecule has 1 saturated carbocycles. The number of halogens is 1. The lowest BCUT2D eigenvalue weighted by Gasteiger charge is -2.28. The van der Waals surface area contributed by atoms with Crippen LogP contribution in [0.25, 0.3) is 16.5 Å². The van der Waals surface area contributed by atoms with Crippen LogP contribution in [-0.2, 0) is 16.6 Å². The summed E-state index contributed by atoms with van der Waals surface area (Å²) < 4.78 is 1.52. The fourth-order valence-corrected chi connectivity index (χ4v) is 5.73. The van der Waals surface area contributed by atoms with Crippen molar-refractivity contribution in [2.45, 2.75) is 51.4 Å². The van der Waals surface area contributed by atoms with Crippen LogP contribution in [0.1, 0.15) is 49.4 Å². The minimum Gasteiger partial charge on any atom is -0.310 e. The molecule has 1 aliphatic carbocycles. The number of aromatic nitrogens is 4. The van der Waals surface area contributed by atoms with E-state index >= 15 is 0 Å². The minimum atomic E-state index is -0.647. The van der Waals surface area contributed by atoms with Gasteiger partial charge in [-0.25, -0.2) is 4.98 Å². The van der Waals surface area contributed by atoms with Crippen molar-refractivity contribution in [3.63, 3.8) is 0 Å². The van der Waals surface area contributed by atoms with Crippen LogP contribution in [0.4, 0.5) is 5.82 Å². The summed E-state index contributed by atoms with van der Waals surface area (Å²) in [6, 6.07) is 13.3. The van der Waals surface area contributed by atoms with E-state index in [1.165, 1.54) is 4.68 Å². The maximum atomic E-state index is 13.9. The van der Waals surface area contributed by atoms with E-state index < -0.39 is 5.41 Å². The second kappa shape index (κ2) is 9.43. The lowest BCUT2D eigenvalue weighted by molar-refractivity contribution is -0.121. The largest absolute Gasteiger partial charge is 0.310 e. The van der Waals surface area contributed by atoms with E-state index in [1.807, 2.05) is 61.7 Å². The number of amides is 1. The van der Waals surface area contributed by atoms with Crippen molar-refractivity contribution in [3.05, 3.63) is 80.0 Å². The second-order valence-corrected chi connectivity index (χ2v) is 10.2. The number of thiophene rings is 1. The van der Waals surface area contributed by atoms with Gasteiger partial charge in [-0.1, -0.05) is 49.6 Å². The SMILES string of the molecule is CCc1c(C)nc(-n2nc(-c3cccs3)cc2NC(=O)C2(c3ccc(Cl)cc3)CCCC2)[nH]c1=O. The van der Waals surface area contributed by atoms with Gasteiger partial charge in [0.15, 0.2) is 0 Å². The van der Waals surface area contributed by atoms with Crippen molar-refractivity contribution in [2.75, 3.05) is 5.32 Å². The second-order valence-electron chi connectivity index (χ2n) is 8.86. The molecule has 0 unspecified atom stereocenters. The van der Waals surface area contributed by atoms with E-state index in [2.05, 4.69) is 15.3 Å². The zero-order valence-corrected chi connectivity index (χ0v) is 21.2. The van der Waals surface area contributed by atoms with Crippen LogP contribution >= 0.6 is 22.9 Å². The summed E-state index contributed by atoms with van der Waals surface area (Å²) >= 11 is 7.67. The van der Waals surface area contributed by atoms with Crippen molar-refractivity contribution < 1.29 is 4.79 Å². The standard InChI is InChI=1S/C26H26ClN5O2S/c1-3-19-16(2)28-25(30-23(19)33)32-22(15-20(31-32)21-7-6-14-35-21)29-24(34)26(12-4-5-13-26)17-8-10-18(27)11-9-17/h6-11,14-15H,3-5,12-13H2,1-2H3,(H,29,34)(H,28,30,33). The van der Waals surface area contributed by atoms with Gasteiger partial charge in [-0.3, -0.25) is 14.6 Å². The van der Waals surface area contributed by atoms with Gasteiger partial charge < -0.3 is 5.32 Å². The maximum Gasteiger partial charge on any atom is 0.255 e. The summed E-state index contributed by atoms with van der Waals surface area (Å²) in [5, 5.41) is 10.4. The highest BCUT2D eigenvalue weighted by Crippen LogP contribution is 2.42. The third-order valence-electron chi connectivity index (χ3n) is 6.78. The highest BCUT2D eigenvalue weighted by Gasteiger charge is 2.43. The van der Waals surface area contributed by atoms with Gasteiger partial charge in [0.2, 0.25) is 11.9 Å². The summed E-state index contributed by atoms with van der Waals surface area (Å²) in [7, 11) is 0. The third-order valence-corrected chi connectivity index (χ3v) is 7.92. The smallest absolute Gasteiger partial charge is 0.255 e. The van der Waals surface area contributed by atoms with Crippen molar-refractivity contribution in [3.8, 4) is 16.5 Å². The van der Waals surface area contributed by atoms with Crippen molar-refractivity contribution >= 4 is 34.7 Å². The molecule has 35 heavy (non-hydrogen) atoms. The molecule has 0 bridgehead atoms. The summed E-state index contributed by atoms with van der Waals surface area (Å²) in [5.74, 6) is 0.639. The lowest BCUT2D eigenvalue weighted by Crippen LogP contribution is -2.38. The summed E-state index contributed by atoms with van der Waals surface area (Å²) in [5.41, 5.74) is 2.08. The molecule has 0 radical (unpaired) electrons. The number of benzene rings is 1. The highest BCUT2D eigenvalue weighted by atomic mass is 35.5. The molecule has 1 amide bonds. The number of carbonyl (C=O) groups is 1. The quantitative estimate of drug-likeness (QED) is 0.352. The number of nitrogens with one attached hydrogen (secondary N) is 2. The van der Waals surface area contributed by atoms with Gasteiger partial charge in [-0.05, 0) is 55.3 Å². The average Bonchev–Trinajstić information content (AvgIpc) is 3.60. The Morgan fingerprint density at radius 1 is 1.23 bits per heavy atom. The number of aromatic amines is 1. The molecule has 180 valence electrons. The first-order valence-corrected chi connectivity index (χ1v) is 13.0. The molecule has 0 spiro atoms. The Balaban J connectivity index is 1.58. The zero-order valence-electron chi connectivity index (χ0n) is 19.6. The van der Waals surface area contributed by atoms with Crippen LogP contribution in [-0.4, -0.2) is 25.7 Å². The normalized spacial score (nSPS) is 14.8. The fourth-order valence-electron chi connectivity index (χ4n) is 4.92. The van der Waals surface area contributed by atoms with E-state index in [1.54, 1.807) is 11.3 Å². The van der Waals surface area contributed by atoms with E-state index in [0.717, 1.165) is 36.1 Å². The first-order chi connectivity index (χ1) is 16.9. The Bertz CT molecular complexity index is 1420. The van der Waals surface area contributed by atoms with Crippen molar-refractivity contribution in [2.24, 2.45) is 0 Å². The van der Waals surface area contributed by atoms with E-state index in [4.69, 9.17) is 16.7 Å². The first-order valence-electron chi connectivity index (χ1n) is 11.7. The van der Waals surface area contributed by atoms with Crippen molar-refractivity contribution in [1.82, 2.24) is 19.7 Å². The molecule has 1 aromatic carbocycles. The van der Waals surface area contributed by atoms with Crippen LogP contribution in [0, 0.1) is 6.92 Å². The summed E-state index contributed by atoms with van der Waals surface area (Å²) in [6.07, 6.45) is 4.04. The van der Waals surface area contributed by atoms with Crippen LogP contribution in [0.5, 0.6) is 0 Å². The van der Waals surface area contributed by atoms with Crippen LogP contribution < -0.4 is 10.9 Å². The van der Waals surface area contributed by atoms with Gasteiger partial charge in [-0.2, -0.15) is 9.78 Å². The number of nitrogens with zero attached hydrogens (tertiary/aromatic N) is 3. The summed E-state index contributed by atoms with van der Waals surface area (Å²) in [4.78, 5) is 34.9. The van der Waals surface area contributed by atoms with Gasteiger partial charge in [0.1, 0.15) is 11.5 Å². The number of H-pyrrole nitrogens is 1. The molecule has 3 heterocycles. The van der Waals surface area contributed by atoms with Gasteiger partial charge >= 0.3 is 0 Å². The van der Waals surface area contributed by atoms with E-state index in [9.17, 15) is 9.59 Å². The molecule has 0 aliphatic heterocycles. The molecule has 0 saturated heterocycles. The lowest BCUT2D eigenvalue weighted by atomic mass is 9.78. The highest BCUT2D eigenvalue weighted by molar-refractivity contribution is 7.13. The van der Waals surface area contributed by atoms with Crippen LogP contribution in [0.2, 0.25) is 5.02 Å². The molecule has 9 heteroatoms. The molecular weight excluding hydrogens is 482 g/mol. The fraction of sp³-hybridized carbons (Fsp3) is 0.308. The van der Waals surface area contributed by atoms with Gasteiger partial charge in [-0.15, -0.1) is 11.3 Å². The molecular formula is C26H26ClN5O2S. The number of hydrogen-bond acceptors (Lipinski definition) is 5. The topological polar surface area (TPSA) is 92.7 Å². The number of anilines is 1. The summed E-state index contributed by atoms with van der Waals surface area (Å²) in [6.45, 7) is 3.73. The Morgan fingerprint density at radius 2 is 1.97 bits per heavy atom. The average molecular weight is 508 g/mol. The molecule has 5 rings (SSSR count). The monoisotopic (exact) mass is 507 g/mol. The molecule has 2 N–H and O–H groups in total. The molecule has 3 aromatic heterocycles. The number of carbonyl (C=O) groups excluding carboxylic acids is 1. The van der Waals surface area contributed by atoms with Crippen LogP contribution in [0.3, 0.4) is 0 Å². The predicted molar refractivity (Wildman–Crippen MR) is 140 cm³/mol. The minimum absolute atomic E-state index is 0.0968. The number of aryl methyl sites for hydroxylation is 1. The third kappa shape index (κ3) is 4.32. The Morgan fingerprint density at radius 3 is 2.60 bits per heavy atom. The van der Waals surface area contributed by atoms with Gasteiger partial charge in [0.05, 0.1) is 10.3 Å². The Kier molecular flexibility index (Phi) is 6.34. The van der Waals surface area contributed by atoms with Gasteiger partial charge in [0, 0.05) is 22.3 Å². The number of rotatable bonds is 6. The van der Waals surface area contributed by atoms with Gasteiger partial charge in [0.25, 0.3) is 5.56 Å². The Labute approximate surface area is 212 Å². The molecule has 1 fully saturated rings. The van der Waals surface area contributed by atoms with Crippen LogP contribution in [0.15, 0.2) is 52.6 Å². The molecule has 0 atom stereocenters. The maximum absolute atomic E-state index is 13.9. The Hall–Kier alpha value is -3.23. The van der Waals surface area contributed by atoms with Crippen molar-refractivity contribution in [1.29, 1.82) is 0 Å². The molecule has 4 aromatic rings. The van der Waals surface area contributed by atoms with E-state index in [0.29, 0.717) is 34.2 Å². The first kappa shape index (κ1) is 23.5. The van der Waals surface area contributed by atoms with E-state index in [-0.39, 0.29) is 17.4 Å².